The van der Waals surface area contributed by atoms with Gasteiger partial charge in [0.25, 0.3) is 0 Å². The van der Waals surface area contributed by atoms with E-state index in [1.54, 1.807) is 11.3 Å². The second-order valence-electron chi connectivity index (χ2n) is 4.98. The standard InChI is InChI=1S/C16H21NS/c1-12-8-13(2)10-16(9-12)14(3)17-6-4-15-5-7-18-11-15/h5,7-11,14,17H,4,6H2,1-3H3. The SMILES string of the molecule is Cc1cc(C)cc(C(C)NCCc2ccsc2)c1. The van der Waals surface area contributed by atoms with Gasteiger partial charge in [-0.1, -0.05) is 29.3 Å². The summed E-state index contributed by atoms with van der Waals surface area (Å²) in [6.45, 7) is 7.59. The number of nitrogens with one attached hydrogen (secondary N) is 1. The molecule has 1 aromatic heterocycles. The Bertz CT molecular complexity index is 468. The van der Waals surface area contributed by atoms with Gasteiger partial charge < -0.3 is 5.32 Å². The van der Waals surface area contributed by atoms with Crippen LogP contribution in [0.15, 0.2) is 35.0 Å². The minimum atomic E-state index is 0.419. The molecular formula is C16H21NS. The summed E-state index contributed by atoms with van der Waals surface area (Å²) in [7, 11) is 0. The van der Waals surface area contributed by atoms with Gasteiger partial charge in [0.15, 0.2) is 0 Å². The van der Waals surface area contributed by atoms with Crippen LogP contribution < -0.4 is 5.32 Å². The predicted octanol–water partition coefficient (Wildman–Crippen LogP) is 4.26. The van der Waals surface area contributed by atoms with Crippen molar-refractivity contribution in [3.8, 4) is 0 Å². The minimum absolute atomic E-state index is 0.419. The fourth-order valence-corrected chi connectivity index (χ4v) is 2.95. The number of rotatable bonds is 5. The first kappa shape index (κ1) is 13.3. The smallest absolute Gasteiger partial charge is 0.0292 e. The first-order chi connectivity index (χ1) is 8.65. The zero-order valence-corrected chi connectivity index (χ0v) is 12.2. The van der Waals surface area contributed by atoms with Crippen molar-refractivity contribution in [1.82, 2.24) is 5.32 Å². The van der Waals surface area contributed by atoms with Crippen LogP contribution in [0, 0.1) is 13.8 Å². The molecule has 96 valence electrons. The highest BCUT2D eigenvalue weighted by molar-refractivity contribution is 7.07. The van der Waals surface area contributed by atoms with Crippen molar-refractivity contribution in [3.63, 3.8) is 0 Å². The second kappa shape index (κ2) is 6.17. The van der Waals surface area contributed by atoms with Gasteiger partial charge in [-0.25, -0.2) is 0 Å². The predicted molar refractivity (Wildman–Crippen MR) is 80.4 cm³/mol. The van der Waals surface area contributed by atoms with E-state index in [4.69, 9.17) is 0 Å². The van der Waals surface area contributed by atoms with Crippen LogP contribution in [0.1, 0.15) is 35.2 Å². The van der Waals surface area contributed by atoms with Crippen molar-refractivity contribution in [3.05, 3.63) is 57.3 Å². The van der Waals surface area contributed by atoms with E-state index >= 15 is 0 Å². The molecule has 1 unspecified atom stereocenters. The maximum absolute atomic E-state index is 3.60. The topological polar surface area (TPSA) is 12.0 Å². The van der Waals surface area contributed by atoms with Crippen molar-refractivity contribution in [1.29, 1.82) is 0 Å². The fourth-order valence-electron chi connectivity index (χ4n) is 2.25. The highest BCUT2D eigenvalue weighted by atomic mass is 32.1. The lowest BCUT2D eigenvalue weighted by atomic mass is 10.0. The molecule has 18 heavy (non-hydrogen) atoms. The monoisotopic (exact) mass is 259 g/mol. The van der Waals surface area contributed by atoms with Gasteiger partial charge in [-0.05, 0) is 61.7 Å². The minimum Gasteiger partial charge on any atom is -0.310 e. The first-order valence-electron chi connectivity index (χ1n) is 6.48. The Labute approximate surface area is 114 Å². The summed E-state index contributed by atoms with van der Waals surface area (Å²) in [4.78, 5) is 0. The largest absolute Gasteiger partial charge is 0.310 e. The molecule has 1 nitrogen and oxygen atoms in total. The van der Waals surface area contributed by atoms with Gasteiger partial charge in [-0.15, -0.1) is 0 Å². The molecule has 0 radical (unpaired) electrons. The van der Waals surface area contributed by atoms with Crippen molar-refractivity contribution in [2.24, 2.45) is 0 Å². The van der Waals surface area contributed by atoms with E-state index in [1.165, 1.54) is 22.3 Å². The van der Waals surface area contributed by atoms with Crippen LogP contribution in [-0.4, -0.2) is 6.54 Å². The second-order valence-corrected chi connectivity index (χ2v) is 5.76. The van der Waals surface area contributed by atoms with Gasteiger partial charge in [0, 0.05) is 6.04 Å². The number of thiophene rings is 1. The van der Waals surface area contributed by atoms with Crippen LogP contribution in [0.25, 0.3) is 0 Å². The summed E-state index contributed by atoms with van der Waals surface area (Å²) in [5.74, 6) is 0. The molecule has 0 saturated heterocycles. The number of hydrogen-bond acceptors (Lipinski definition) is 2. The van der Waals surface area contributed by atoms with Crippen LogP contribution in [0.2, 0.25) is 0 Å². The lowest BCUT2D eigenvalue weighted by molar-refractivity contribution is 0.576. The highest BCUT2D eigenvalue weighted by Crippen LogP contribution is 2.16. The molecule has 1 aromatic carbocycles. The molecule has 1 heterocycles. The van der Waals surface area contributed by atoms with Crippen molar-refractivity contribution in [2.45, 2.75) is 33.2 Å². The van der Waals surface area contributed by atoms with Crippen molar-refractivity contribution < 1.29 is 0 Å². The normalized spacial score (nSPS) is 12.6. The Hall–Kier alpha value is -1.12. The molecule has 2 aromatic rings. The molecule has 0 saturated carbocycles. The average molecular weight is 259 g/mol. The van der Waals surface area contributed by atoms with Gasteiger partial charge in [-0.3, -0.25) is 0 Å². The van der Waals surface area contributed by atoms with E-state index in [-0.39, 0.29) is 0 Å². The Balaban J connectivity index is 1.89. The summed E-state index contributed by atoms with van der Waals surface area (Å²) in [6.07, 6.45) is 1.11. The molecule has 0 aliphatic heterocycles. The molecule has 0 fully saturated rings. The summed E-state index contributed by atoms with van der Waals surface area (Å²) in [5, 5.41) is 7.96. The molecule has 2 rings (SSSR count). The molecule has 0 aliphatic rings. The molecule has 1 N–H and O–H groups in total. The van der Waals surface area contributed by atoms with Gasteiger partial charge in [0.1, 0.15) is 0 Å². The van der Waals surface area contributed by atoms with Gasteiger partial charge in [0.2, 0.25) is 0 Å². The maximum atomic E-state index is 3.60. The quantitative estimate of drug-likeness (QED) is 0.846. The first-order valence-corrected chi connectivity index (χ1v) is 7.42. The van der Waals surface area contributed by atoms with E-state index in [1.807, 2.05) is 0 Å². The zero-order chi connectivity index (χ0) is 13.0. The van der Waals surface area contributed by atoms with Gasteiger partial charge in [0.05, 0.1) is 0 Å². The van der Waals surface area contributed by atoms with Crippen LogP contribution in [0.4, 0.5) is 0 Å². The molecule has 0 bridgehead atoms. The molecular weight excluding hydrogens is 238 g/mol. The third-order valence-corrected chi connectivity index (χ3v) is 3.92. The van der Waals surface area contributed by atoms with Crippen LogP contribution >= 0.6 is 11.3 Å². The van der Waals surface area contributed by atoms with E-state index in [0.29, 0.717) is 6.04 Å². The van der Waals surface area contributed by atoms with E-state index in [9.17, 15) is 0 Å². The zero-order valence-electron chi connectivity index (χ0n) is 11.4. The number of hydrogen-bond donors (Lipinski definition) is 1. The number of benzene rings is 1. The van der Waals surface area contributed by atoms with Crippen molar-refractivity contribution >= 4 is 11.3 Å². The third kappa shape index (κ3) is 3.69. The summed E-state index contributed by atoms with van der Waals surface area (Å²) in [6, 6.07) is 9.39. The summed E-state index contributed by atoms with van der Waals surface area (Å²) < 4.78 is 0. The van der Waals surface area contributed by atoms with Crippen LogP contribution in [0.5, 0.6) is 0 Å². The Morgan fingerprint density at radius 3 is 2.50 bits per heavy atom. The Kier molecular flexibility index (Phi) is 4.56. The molecule has 0 aliphatic carbocycles. The molecule has 1 atom stereocenters. The summed E-state index contributed by atoms with van der Waals surface area (Å²) in [5.41, 5.74) is 5.51. The van der Waals surface area contributed by atoms with Gasteiger partial charge in [-0.2, -0.15) is 11.3 Å². The lowest BCUT2D eigenvalue weighted by Crippen LogP contribution is -2.21. The van der Waals surface area contributed by atoms with E-state index in [2.05, 4.69) is 61.1 Å². The van der Waals surface area contributed by atoms with Crippen molar-refractivity contribution in [2.75, 3.05) is 6.54 Å². The highest BCUT2D eigenvalue weighted by Gasteiger charge is 2.05. The molecule has 0 spiro atoms. The van der Waals surface area contributed by atoms with Crippen LogP contribution in [0.3, 0.4) is 0 Å². The third-order valence-electron chi connectivity index (χ3n) is 3.19. The Morgan fingerprint density at radius 2 is 1.89 bits per heavy atom. The lowest BCUT2D eigenvalue weighted by Gasteiger charge is -2.15. The maximum Gasteiger partial charge on any atom is 0.0292 e. The van der Waals surface area contributed by atoms with E-state index in [0.717, 1.165) is 13.0 Å². The summed E-state index contributed by atoms with van der Waals surface area (Å²) >= 11 is 1.77. The van der Waals surface area contributed by atoms with Crippen LogP contribution in [-0.2, 0) is 6.42 Å². The Morgan fingerprint density at radius 1 is 1.17 bits per heavy atom. The average Bonchev–Trinajstić information content (AvgIpc) is 2.80. The van der Waals surface area contributed by atoms with E-state index < -0.39 is 0 Å². The fraction of sp³-hybridized carbons (Fsp3) is 0.375. The molecule has 0 amide bonds. The number of aryl methyl sites for hydroxylation is 2. The molecule has 2 heteroatoms. The van der Waals surface area contributed by atoms with Gasteiger partial charge >= 0.3 is 0 Å².